The number of nitrogens with zero attached hydrogens (tertiary/aromatic N) is 1. The Hall–Kier alpha value is 1.37. The molecular weight excluding hydrogens is 128 g/mol. The molecule has 0 aliphatic heterocycles. The zero-order chi connectivity index (χ0) is 3.58. The summed E-state index contributed by atoms with van der Waals surface area (Å²) >= 11 is 0. The quantitative estimate of drug-likeness (QED) is 0.206. The summed E-state index contributed by atoms with van der Waals surface area (Å²) < 4.78 is 0. The molecule has 0 amide bonds. The first-order valence-electron chi connectivity index (χ1n) is 0.565. The molecule has 0 unspecified atom stereocenters. The van der Waals surface area contributed by atoms with Crippen LogP contribution in [0.25, 0.3) is 0 Å². The van der Waals surface area contributed by atoms with E-state index >= 15 is 0 Å². The van der Waals surface area contributed by atoms with E-state index in [1.165, 1.54) is 0 Å². The van der Waals surface area contributed by atoms with Crippen LogP contribution in [0.1, 0.15) is 1.43 Å². The molecule has 1 N–H and O–H groups in total. The molecule has 0 saturated carbocycles. The van der Waals surface area contributed by atoms with Crippen molar-refractivity contribution < 1.29 is 63.1 Å². The maximum atomic E-state index is 8.36. The third kappa shape index (κ3) is 54.7. The summed E-state index contributed by atoms with van der Waals surface area (Å²) in [7, 11) is 0. The SMILES string of the molecule is O=[N+]([O-])O.[AlH3].[H-].[K+]. The summed E-state index contributed by atoms with van der Waals surface area (Å²) in [6.45, 7) is 0. The van der Waals surface area contributed by atoms with Crippen LogP contribution in [0.2, 0.25) is 0 Å². The predicted molar refractivity (Wildman–Crippen MR) is 19.8 cm³/mol. The van der Waals surface area contributed by atoms with Gasteiger partial charge in [-0.15, -0.1) is 10.1 Å². The molecule has 6 heavy (non-hydrogen) atoms. The van der Waals surface area contributed by atoms with Crippen LogP contribution in [0.3, 0.4) is 0 Å². The van der Waals surface area contributed by atoms with Gasteiger partial charge in [0.15, 0.2) is 17.4 Å². The van der Waals surface area contributed by atoms with E-state index in [2.05, 4.69) is 0 Å². The average Bonchev–Trinajstić information content (AvgIpc) is 0.811. The molecule has 6 heteroatoms. The van der Waals surface area contributed by atoms with Crippen molar-refractivity contribution in [3.8, 4) is 0 Å². The predicted octanol–water partition coefficient (Wildman–Crippen LogP) is -4.42. The van der Waals surface area contributed by atoms with E-state index in [4.69, 9.17) is 15.3 Å². The Morgan fingerprint density at radius 2 is 1.83 bits per heavy atom. The van der Waals surface area contributed by atoms with Crippen molar-refractivity contribution in [3.05, 3.63) is 10.1 Å². The van der Waals surface area contributed by atoms with Crippen LogP contribution in [0.4, 0.5) is 0 Å². The van der Waals surface area contributed by atoms with Crippen molar-refractivity contribution in [3.63, 3.8) is 0 Å². The molecule has 32 valence electrons. The molecule has 0 fully saturated rings. The molecule has 0 radical (unpaired) electrons. The minimum Gasteiger partial charge on any atom is -1.00 e. The first-order chi connectivity index (χ1) is 1.73. The monoisotopic (exact) mass is 133 g/mol. The smallest absolute Gasteiger partial charge is 1.00 e. The Bertz CT molecular complexity index is 37.9. The van der Waals surface area contributed by atoms with E-state index in [0.29, 0.717) is 0 Å². The Labute approximate surface area is 89.1 Å². The second kappa shape index (κ2) is 9.62. The van der Waals surface area contributed by atoms with Crippen LogP contribution < -0.4 is 51.4 Å². The van der Waals surface area contributed by atoms with E-state index < -0.39 is 5.09 Å². The average molecular weight is 133 g/mol. The fraction of sp³-hybridized carbons (Fsp3) is 0. The fourth-order valence-corrected chi connectivity index (χ4v) is 0. The van der Waals surface area contributed by atoms with Crippen LogP contribution in [0, 0.1) is 10.1 Å². The van der Waals surface area contributed by atoms with Gasteiger partial charge in [0, 0.05) is 0 Å². The van der Waals surface area contributed by atoms with E-state index in [1.54, 1.807) is 0 Å². The summed E-state index contributed by atoms with van der Waals surface area (Å²) in [5, 5.41) is 13.6. The zero-order valence-electron chi connectivity index (χ0n) is 3.71. The van der Waals surface area contributed by atoms with Gasteiger partial charge in [0.25, 0.3) is 5.09 Å². The van der Waals surface area contributed by atoms with Crippen molar-refractivity contribution in [2.24, 2.45) is 0 Å². The molecule has 0 saturated heterocycles. The number of hydrogen-bond donors (Lipinski definition) is 1. The van der Waals surface area contributed by atoms with Crippen LogP contribution in [0.15, 0.2) is 0 Å². The Morgan fingerprint density at radius 3 is 1.83 bits per heavy atom. The maximum absolute atomic E-state index is 8.36. The molecule has 0 bridgehead atoms. The van der Waals surface area contributed by atoms with Crippen LogP contribution in [-0.4, -0.2) is 27.7 Å². The summed E-state index contributed by atoms with van der Waals surface area (Å²) in [5.74, 6) is 0. The molecule has 0 aromatic rings. The second-order valence-electron chi connectivity index (χ2n) is 0.238. The first-order valence-corrected chi connectivity index (χ1v) is 0.565. The van der Waals surface area contributed by atoms with Gasteiger partial charge < -0.3 is 6.63 Å². The molecule has 0 aliphatic rings. The largest absolute Gasteiger partial charge is 1.00 e. The summed E-state index contributed by atoms with van der Waals surface area (Å²) in [6, 6.07) is 0. The topological polar surface area (TPSA) is 63.4 Å². The van der Waals surface area contributed by atoms with E-state index in [0.717, 1.165) is 0 Å². The first kappa shape index (κ1) is 15.7. The van der Waals surface area contributed by atoms with Gasteiger partial charge >= 0.3 is 51.4 Å². The van der Waals surface area contributed by atoms with Crippen molar-refractivity contribution in [2.45, 2.75) is 0 Å². The van der Waals surface area contributed by atoms with E-state index in [-0.39, 0.29) is 70.2 Å². The van der Waals surface area contributed by atoms with Gasteiger partial charge in [0.1, 0.15) is 0 Å². The van der Waals surface area contributed by atoms with Gasteiger partial charge in [-0.2, -0.15) is 0 Å². The number of rotatable bonds is 0. The van der Waals surface area contributed by atoms with Crippen molar-refractivity contribution in [2.75, 3.05) is 0 Å². The number of hydrogen-bond acceptors (Lipinski definition) is 2. The molecule has 0 rings (SSSR count). The van der Waals surface area contributed by atoms with E-state index in [9.17, 15) is 0 Å². The molecule has 0 aliphatic carbocycles. The van der Waals surface area contributed by atoms with Crippen molar-refractivity contribution in [1.29, 1.82) is 0 Å². The Balaban J connectivity index is -0.0000000150. The van der Waals surface area contributed by atoms with Crippen LogP contribution >= 0.6 is 0 Å². The van der Waals surface area contributed by atoms with Gasteiger partial charge in [0.05, 0.1) is 0 Å². The summed E-state index contributed by atoms with van der Waals surface area (Å²) in [5.41, 5.74) is 0. The molecule has 0 spiro atoms. The van der Waals surface area contributed by atoms with E-state index in [1.807, 2.05) is 0 Å². The molecule has 0 heterocycles. The molecule has 0 atom stereocenters. The molecule has 0 aromatic heterocycles. The summed E-state index contributed by atoms with van der Waals surface area (Å²) in [4.78, 5) is 8.36. The molecule has 4 nitrogen and oxygen atoms in total. The normalized spacial score (nSPS) is 4.00. The standard InChI is InChI=1S/Al.K.HNO3.4H/c;;2-1(3)4;;;;/h;;(H,2,3,4);;;;/q;+1;;;;;-1. The maximum Gasteiger partial charge on any atom is 1.00 e. The van der Waals surface area contributed by atoms with Crippen LogP contribution in [0.5, 0.6) is 0 Å². The van der Waals surface area contributed by atoms with Crippen molar-refractivity contribution >= 4 is 17.4 Å². The Kier molecular flexibility index (Phi) is 25.1. The van der Waals surface area contributed by atoms with Gasteiger partial charge in [-0.1, -0.05) is 0 Å². The Morgan fingerprint density at radius 1 is 1.83 bits per heavy atom. The van der Waals surface area contributed by atoms with Gasteiger partial charge in [-0.3, -0.25) is 0 Å². The summed E-state index contributed by atoms with van der Waals surface area (Å²) in [6.07, 6.45) is 0. The third-order valence-corrected chi connectivity index (χ3v) is 0. The third-order valence-electron chi connectivity index (χ3n) is 0. The van der Waals surface area contributed by atoms with Gasteiger partial charge in [0.2, 0.25) is 0 Å². The van der Waals surface area contributed by atoms with Gasteiger partial charge in [-0.05, 0) is 0 Å². The van der Waals surface area contributed by atoms with Crippen LogP contribution in [-0.2, 0) is 0 Å². The van der Waals surface area contributed by atoms with Crippen molar-refractivity contribution in [1.82, 2.24) is 0 Å². The minimum atomic E-state index is -1.50. The molecule has 0 aromatic carbocycles. The second-order valence-corrected chi connectivity index (χ2v) is 0.238. The fourth-order valence-electron chi connectivity index (χ4n) is 0. The van der Waals surface area contributed by atoms with Gasteiger partial charge in [-0.25, -0.2) is 0 Å². The zero-order valence-corrected chi connectivity index (χ0v) is 5.83. The molecular formula is H5AlKNO3. The minimum absolute atomic E-state index is 0.